The van der Waals surface area contributed by atoms with E-state index in [2.05, 4.69) is 54.2 Å². The van der Waals surface area contributed by atoms with Crippen molar-refractivity contribution in [2.75, 3.05) is 0 Å². The van der Waals surface area contributed by atoms with Gasteiger partial charge in [0.15, 0.2) is 0 Å². The molecule has 26 heavy (non-hydrogen) atoms. The van der Waals surface area contributed by atoms with Gasteiger partial charge in [-0.1, -0.05) is 69.0 Å². The zero-order chi connectivity index (χ0) is 18.6. The Hall–Kier alpha value is -2.13. The normalized spacial score (nSPS) is 17.8. The van der Waals surface area contributed by atoms with Crippen LogP contribution in [0.4, 0.5) is 0 Å². The van der Waals surface area contributed by atoms with Crippen LogP contribution < -0.4 is 10.9 Å². The average molecular weight is 351 g/mol. The summed E-state index contributed by atoms with van der Waals surface area (Å²) in [4.78, 5) is 12.2. The second kappa shape index (κ2) is 8.05. The molecule has 1 amide bonds. The highest BCUT2D eigenvalue weighted by Gasteiger charge is 2.35. The number of aryl methyl sites for hydroxylation is 1. The first-order valence-electron chi connectivity index (χ1n) is 9.83. The predicted octanol–water partition coefficient (Wildman–Crippen LogP) is 5.15. The van der Waals surface area contributed by atoms with Crippen LogP contribution in [0.3, 0.4) is 0 Å². The molecule has 0 saturated carbocycles. The molecule has 0 radical (unpaired) electrons. The molecule has 1 aliphatic heterocycles. The number of hydrogen-bond acceptors (Lipinski definition) is 2. The molecule has 3 nitrogen and oxygen atoms in total. The van der Waals surface area contributed by atoms with Gasteiger partial charge in [-0.2, -0.15) is 0 Å². The van der Waals surface area contributed by atoms with Crippen molar-refractivity contribution in [2.45, 2.75) is 64.8 Å². The van der Waals surface area contributed by atoms with Crippen LogP contribution >= 0.6 is 0 Å². The Labute approximate surface area is 156 Å². The molecule has 1 aliphatic rings. The SMILES string of the molecule is CCCCCCCc1ccc(/C=C2\C(=O)NNC2(C)C)c2ccccc12. The number of nitrogens with one attached hydrogen (secondary N) is 2. The van der Waals surface area contributed by atoms with Crippen molar-refractivity contribution in [1.82, 2.24) is 10.9 Å². The zero-order valence-electron chi connectivity index (χ0n) is 16.2. The fraction of sp³-hybridized carbons (Fsp3) is 0.435. The van der Waals surface area contributed by atoms with E-state index < -0.39 is 0 Å². The first-order chi connectivity index (χ1) is 12.5. The molecule has 2 N–H and O–H groups in total. The van der Waals surface area contributed by atoms with Crippen molar-refractivity contribution in [3.8, 4) is 0 Å². The summed E-state index contributed by atoms with van der Waals surface area (Å²) in [6.45, 7) is 6.29. The number of fused-ring (bicyclic) bond motifs is 1. The molecule has 1 fully saturated rings. The summed E-state index contributed by atoms with van der Waals surface area (Å²) in [7, 11) is 0. The van der Waals surface area contributed by atoms with Gasteiger partial charge in [-0.3, -0.25) is 10.2 Å². The molecule has 2 aromatic carbocycles. The number of benzene rings is 2. The van der Waals surface area contributed by atoms with Crippen LogP contribution in [0, 0.1) is 0 Å². The Morgan fingerprint density at radius 3 is 2.38 bits per heavy atom. The topological polar surface area (TPSA) is 41.1 Å². The van der Waals surface area contributed by atoms with Gasteiger partial charge < -0.3 is 0 Å². The van der Waals surface area contributed by atoms with E-state index in [9.17, 15) is 4.79 Å². The highest BCUT2D eigenvalue weighted by molar-refractivity contribution is 6.04. The largest absolute Gasteiger partial charge is 0.287 e. The Kier molecular flexibility index (Phi) is 5.77. The van der Waals surface area contributed by atoms with Crippen molar-refractivity contribution < 1.29 is 4.79 Å². The Bertz CT molecular complexity index is 820. The Morgan fingerprint density at radius 2 is 1.69 bits per heavy atom. The average Bonchev–Trinajstić information content (AvgIpc) is 2.89. The minimum Gasteiger partial charge on any atom is -0.287 e. The van der Waals surface area contributed by atoms with Gasteiger partial charge in [-0.15, -0.1) is 0 Å². The maximum Gasteiger partial charge on any atom is 0.263 e. The molecule has 0 spiro atoms. The Morgan fingerprint density at radius 1 is 0.962 bits per heavy atom. The molecule has 0 bridgehead atoms. The molecule has 1 heterocycles. The van der Waals surface area contributed by atoms with Gasteiger partial charge in [0.05, 0.1) is 5.54 Å². The first-order valence-corrected chi connectivity index (χ1v) is 9.83. The van der Waals surface area contributed by atoms with Crippen LogP contribution in [0.5, 0.6) is 0 Å². The molecule has 138 valence electrons. The van der Waals surface area contributed by atoms with Crippen LogP contribution in [-0.4, -0.2) is 11.4 Å². The van der Waals surface area contributed by atoms with Crippen LogP contribution in [0.1, 0.15) is 64.0 Å². The lowest BCUT2D eigenvalue weighted by molar-refractivity contribution is -0.116. The fourth-order valence-corrected chi connectivity index (χ4v) is 3.68. The third-order valence-corrected chi connectivity index (χ3v) is 5.30. The van der Waals surface area contributed by atoms with E-state index in [1.807, 2.05) is 19.9 Å². The molecule has 0 unspecified atom stereocenters. The fourth-order valence-electron chi connectivity index (χ4n) is 3.68. The lowest BCUT2D eigenvalue weighted by atomic mass is 9.91. The standard InChI is InChI=1S/C23H30N2O/c1-4-5-6-7-8-11-17-14-15-18(20-13-10-9-12-19(17)20)16-21-22(26)24-25-23(21,2)3/h9-10,12-16,25H,4-8,11H2,1-3H3,(H,24,26)/b21-16+. The van der Waals surface area contributed by atoms with Crippen LogP contribution in [-0.2, 0) is 11.2 Å². The summed E-state index contributed by atoms with van der Waals surface area (Å²) >= 11 is 0. The van der Waals surface area contributed by atoms with Gasteiger partial charge in [-0.25, -0.2) is 5.43 Å². The predicted molar refractivity (Wildman–Crippen MR) is 110 cm³/mol. The van der Waals surface area contributed by atoms with Gasteiger partial charge in [0.25, 0.3) is 5.91 Å². The number of amides is 1. The number of carbonyl (C=O) groups excluding carboxylic acids is 1. The summed E-state index contributed by atoms with van der Waals surface area (Å²) in [5.74, 6) is -0.0425. The molecule has 3 heteroatoms. The molecule has 0 atom stereocenters. The van der Waals surface area contributed by atoms with E-state index in [4.69, 9.17) is 0 Å². The second-order valence-corrected chi connectivity index (χ2v) is 7.79. The summed E-state index contributed by atoms with van der Waals surface area (Å²) in [6, 6.07) is 13.0. The van der Waals surface area contributed by atoms with E-state index >= 15 is 0 Å². The third kappa shape index (κ3) is 3.99. The van der Waals surface area contributed by atoms with Crippen molar-refractivity contribution in [3.05, 3.63) is 53.1 Å². The molecular weight excluding hydrogens is 320 g/mol. The highest BCUT2D eigenvalue weighted by Crippen LogP contribution is 2.29. The van der Waals surface area contributed by atoms with Crippen molar-refractivity contribution in [1.29, 1.82) is 0 Å². The zero-order valence-corrected chi connectivity index (χ0v) is 16.2. The van der Waals surface area contributed by atoms with Gasteiger partial charge in [0.2, 0.25) is 0 Å². The number of rotatable bonds is 7. The van der Waals surface area contributed by atoms with Crippen LogP contribution in [0.2, 0.25) is 0 Å². The number of hydrogen-bond donors (Lipinski definition) is 2. The van der Waals surface area contributed by atoms with Crippen LogP contribution in [0.25, 0.3) is 16.8 Å². The molecule has 3 rings (SSSR count). The lowest BCUT2D eigenvalue weighted by Crippen LogP contribution is -2.38. The maximum absolute atomic E-state index is 12.2. The summed E-state index contributed by atoms with van der Waals surface area (Å²) in [5.41, 5.74) is 8.71. The van der Waals surface area contributed by atoms with Gasteiger partial charge in [0, 0.05) is 5.57 Å². The molecular formula is C23H30N2O. The van der Waals surface area contributed by atoms with E-state index in [0.29, 0.717) is 0 Å². The Balaban J connectivity index is 1.90. The minimum absolute atomic E-state index is 0.0425. The van der Waals surface area contributed by atoms with Crippen LogP contribution in [0.15, 0.2) is 42.0 Å². The number of carbonyl (C=O) groups is 1. The molecule has 1 saturated heterocycles. The quantitative estimate of drug-likeness (QED) is 0.535. The summed E-state index contributed by atoms with van der Waals surface area (Å²) in [6.07, 6.45) is 9.63. The summed E-state index contributed by atoms with van der Waals surface area (Å²) < 4.78 is 0. The van der Waals surface area contributed by atoms with E-state index in [1.54, 1.807) is 0 Å². The monoisotopic (exact) mass is 350 g/mol. The van der Waals surface area contributed by atoms with E-state index in [1.165, 1.54) is 48.4 Å². The second-order valence-electron chi connectivity index (χ2n) is 7.79. The van der Waals surface area contributed by atoms with Crippen molar-refractivity contribution in [3.63, 3.8) is 0 Å². The van der Waals surface area contributed by atoms with E-state index in [0.717, 1.165) is 17.6 Å². The van der Waals surface area contributed by atoms with Gasteiger partial charge in [0.1, 0.15) is 0 Å². The first kappa shape index (κ1) is 18.7. The van der Waals surface area contributed by atoms with E-state index in [-0.39, 0.29) is 11.4 Å². The molecule has 0 aromatic heterocycles. The minimum atomic E-state index is -0.365. The highest BCUT2D eigenvalue weighted by atomic mass is 16.2. The molecule has 0 aliphatic carbocycles. The lowest BCUT2D eigenvalue weighted by Gasteiger charge is -2.17. The summed E-state index contributed by atoms with van der Waals surface area (Å²) in [5, 5.41) is 2.53. The van der Waals surface area contributed by atoms with Crippen molar-refractivity contribution in [2.24, 2.45) is 0 Å². The number of hydrazine groups is 1. The van der Waals surface area contributed by atoms with Crippen molar-refractivity contribution >= 4 is 22.8 Å². The maximum atomic E-state index is 12.2. The third-order valence-electron chi connectivity index (χ3n) is 5.30. The smallest absolute Gasteiger partial charge is 0.263 e. The van der Waals surface area contributed by atoms with Gasteiger partial charge >= 0.3 is 0 Å². The van der Waals surface area contributed by atoms with Gasteiger partial charge in [-0.05, 0) is 54.7 Å². The molecule has 2 aromatic rings. The number of unbranched alkanes of at least 4 members (excludes halogenated alkanes) is 4.